The minimum Gasteiger partial charge on any atom is -0.493 e. The smallest absolute Gasteiger partial charge is 0.266 e. The topological polar surface area (TPSA) is 89.8 Å². The molecule has 0 spiro atoms. The molecule has 34 heavy (non-hydrogen) atoms. The lowest BCUT2D eigenvalue weighted by Gasteiger charge is -2.12. The average molecular weight is 479 g/mol. The zero-order chi connectivity index (χ0) is 24.5. The van der Waals surface area contributed by atoms with Crippen molar-refractivity contribution in [3.63, 3.8) is 0 Å². The fraction of sp³-hybridized carbons (Fsp3) is 0.154. The summed E-state index contributed by atoms with van der Waals surface area (Å²) in [7, 11) is 4.54. The van der Waals surface area contributed by atoms with Crippen LogP contribution in [0.25, 0.3) is 6.08 Å². The first-order chi connectivity index (χ1) is 16.5. The average Bonchev–Trinajstić information content (AvgIpc) is 2.86. The monoisotopic (exact) mass is 478 g/mol. The van der Waals surface area contributed by atoms with Crippen molar-refractivity contribution in [2.45, 2.75) is 6.61 Å². The first kappa shape index (κ1) is 24.5. The lowest BCUT2D eigenvalue weighted by Crippen LogP contribution is -2.13. The quantitative estimate of drug-likeness (QED) is 0.323. The lowest BCUT2D eigenvalue weighted by molar-refractivity contribution is -0.112. The molecule has 174 valence electrons. The summed E-state index contributed by atoms with van der Waals surface area (Å²) in [6, 6.07) is 19.4. The van der Waals surface area contributed by atoms with Crippen molar-refractivity contribution in [2.24, 2.45) is 0 Å². The summed E-state index contributed by atoms with van der Waals surface area (Å²) >= 11 is 5.91. The zero-order valence-corrected chi connectivity index (χ0v) is 19.7. The predicted octanol–water partition coefficient (Wildman–Crippen LogP) is 5.49. The second-order valence-corrected chi connectivity index (χ2v) is 7.46. The van der Waals surface area contributed by atoms with Gasteiger partial charge in [0.15, 0.2) is 23.0 Å². The van der Waals surface area contributed by atoms with Crippen LogP contribution in [-0.4, -0.2) is 27.2 Å². The number of halogens is 1. The van der Waals surface area contributed by atoms with E-state index >= 15 is 0 Å². The standard InChI is InChI=1S/C26H23ClN2O5/c1-31-22-11-9-21(14-25(22)33-3)29-26(30)19(15-28)12-18-6-10-23(24(13-18)32-2)34-16-17-4-7-20(27)8-5-17/h4-14H,16H2,1-3H3,(H,29,30). The molecule has 0 atom stereocenters. The van der Waals surface area contributed by atoms with Crippen LogP contribution in [0.3, 0.4) is 0 Å². The number of nitriles is 1. The molecule has 3 aromatic rings. The van der Waals surface area contributed by atoms with Gasteiger partial charge in [-0.2, -0.15) is 5.26 Å². The molecule has 0 saturated heterocycles. The summed E-state index contributed by atoms with van der Waals surface area (Å²) < 4.78 is 21.7. The van der Waals surface area contributed by atoms with Gasteiger partial charge in [-0.15, -0.1) is 0 Å². The minimum atomic E-state index is -0.559. The molecule has 0 heterocycles. The second kappa shape index (κ2) is 11.6. The van der Waals surface area contributed by atoms with E-state index in [-0.39, 0.29) is 5.57 Å². The van der Waals surface area contributed by atoms with E-state index in [1.54, 1.807) is 48.5 Å². The van der Waals surface area contributed by atoms with Crippen molar-refractivity contribution in [1.82, 2.24) is 0 Å². The summed E-state index contributed by atoms with van der Waals surface area (Å²) in [5.41, 5.74) is 1.95. The number of benzene rings is 3. The Balaban J connectivity index is 1.75. The van der Waals surface area contributed by atoms with Crippen molar-refractivity contribution in [1.29, 1.82) is 5.26 Å². The van der Waals surface area contributed by atoms with E-state index in [1.165, 1.54) is 27.4 Å². The first-order valence-corrected chi connectivity index (χ1v) is 10.6. The summed E-state index contributed by atoms with van der Waals surface area (Å²) in [6.45, 7) is 0.333. The van der Waals surface area contributed by atoms with Gasteiger partial charge in [-0.25, -0.2) is 0 Å². The van der Waals surface area contributed by atoms with Gasteiger partial charge in [-0.1, -0.05) is 29.8 Å². The van der Waals surface area contributed by atoms with E-state index in [0.717, 1.165) is 5.56 Å². The molecule has 1 N–H and O–H groups in total. The molecule has 0 aliphatic rings. The van der Waals surface area contributed by atoms with E-state index in [9.17, 15) is 10.1 Å². The van der Waals surface area contributed by atoms with Crippen LogP contribution in [0, 0.1) is 11.3 Å². The Labute approximate surface area is 203 Å². The molecule has 7 nitrogen and oxygen atoms in total. The largest absolute Gasteiger partial charge is 0.493 e. The van der Waals surface area contributed by atoms with E-state index in [2.05, 4.69) is 5.32 Å². The van der Waals surface area contributed by atoms with Crippen LogP contribution in [0.5, 0.6) is 23.0 Å². The van der Waals surface area contributed by atoms with Crippen molar-refractivity contribution in [2.75, 3.05) is 26.6 Å². The molecule has 3 aromatic carbocycles. The molecule has 0 fully saturated rings. The highest BCUT2D eigenvalue weighted by molar-refractivity contribution is 6.30. The number of carbonyl (C=O) groups is 1. The van der Waals surface area contributed by atoms with Crippen LogP contribution in [0.2, 0.25) is 5.02 Å². The van der Waals surface area contributed by atoms with Gasteiger partial charge in [0.1, 0.15) is 18.2 Å². The third-order valence-corrected chi connectivity index (χ3v) is 5.06. The Morgan fingerprint density at radius 3 is 2.21 bits per heavy atom. The zero-order valence-electron chi connectivity index (χ0n) is 18.9. The summed E-state index contributed by atoms with van der Waals surface area (Å²) in [6.07, 6.45) is 1.47. The molecule has 0 saturated carbocycles. The van der Waals surface area contributed by atoms with Crippen LogP contribution in [0.4, 0.5) is 5.69 Å². The van der Waals surface area contributed by atoms with Gasteiger partial charge in [0.2, 0.25) is 0 Å². The molecule has 3 rings (SSSR count). The molecule has 0 radical (unpaired) electrons. The molecule has 0 aromatic heterocycles. The Kier molecular flexibility index (Phi) is 8.38. The Morgan fingerprint density at radius 1 is 0.912 bits per heavy atom. The van der Waals surface area contributed by atoms with E-state index in [4.69, 9.17) is 30.5 Å². The van der Waals surface area contributed by atoms with E-state index in [1.807, 2.05) is 18.2 Å². The highest BCUT2D eigenvalue weighted by Gasteiger charge is 2.13. The molecule has 0 aliphatic carbocycles. The van der Waals surface area contributed by atoms with Crippen LogP contribution in [-0.2, 0) is 11.4 Å². The number of nitrogens with one attached hydrogen (secondary N) is 1. The number of rotatable bonds is 9. The molecule has 1 amide bonds. The van der Waals surface area contributed by atoms with Gasteiger partial charge in [-0.05, 0) is 53.6 Å². The minimum absolute atomic E-state index is 0.0772. The number of ether oxygens (including phenoxy) is 4. The fourth-order valence-electron chi connectivity index (χ4n) is 3.06. The van der Waals surface area contributed by atoms with Gasteiger partial charge in [0.25, 0.3) is 5.91 Å². The van der Waals surface area contributed by atoms with Crippen LogP contribution in [0.1, 0.15) is 11.1 Å². The van der Waals surface area contributed by atoms with Gasteiger partial charge >= 0.3 is 0 Å². The number of carbonyl (C=O) groups excluding carboxylic acids is 1. The molecular formula is C26H23ClN2O5. The summed E-state index contributed by atoms with van der Waals surface area (Å²) in [5, 5.41) is 12.9. The highest BCUT2D eigenvalue weighted by atomic mass is 35.5. The highest BCUT2D eigenvalue weighted by Crippen LogP contribution is 2.31. The molecule has 0 bridgehead atoms. The number of anilines is 1. The Hall–Kier alpha value is -4.15. The van der Waals surface area contributed by atoms with Crippen LogP contribution >= 0.6 is 11.6 Å². The molecule has 0 aliphatic heterocycles. The number of hydrogen-bond acceptors (Lipinski definition) is 6. The van der Waals surface area contributed by atoms with Gasteiger partial charge in [0.05, 0.1) is 21.3 Å². The van der Waals surface area contributed by atoms with Crippen molar-refractivity contribution < 1.29 is 23.7 Å². The SMILES string of the molecule is COc1ccc(NC(=O)C(C#N)=Cc2ccc(OCc3ccc(Cl)cc3)c(OC)c2)cc1OC. The molecule has 0 unspecified atom stereocenters. The molecular weight excluding hydrogens is 456 g/mol. The van der Waals surface area contributed by atoms with Crippen molar-refractivity contribution in [3.05, 3.63) is 82.4 Å². The van der Waals surface area contributed by atoms with Crippen molar-refractivity contribution >= 4 is 29.3 Å². The Morgan fingerprint density at radius 2 is 1.56 bits per heavy atom. The third kappa shape index (κ3) is 6.21. The Bertz CT molecular complexity index is 1230. The lowest BCUT2D eigenvalue weighted by atomic mass is 10.1. The summed E-state index contributed by atoms with van der Waals surface area (Å²) in [5.74, 6) is 1.43. The third-order valence-electron chi connectivity index (χ3n) is 4.81. The van der Waals surface area contributed by atoms with E-state index < -0.39 is 5.91 Å². The van der Waals surface area contributed by atoms with Crippen LogP contribution in [0.15, 0.2) is 66.2 Å². The maximum Gasteiger partial charge on any atom is 0.266 e. The van der Waals surface area contributed by atoms with Crippen molar-refractivity contribution in [3.8, 4) is 29.1 Å². The van der Waals surface area contributed by atoms with Gasteiger partial charge in [0, 0.05) is 16.8 Å². The normalized spacial score (nSPS) is 10.7. The first-order valence-electron chi connectivity index (χ1n) is 10.2. The van der Waals surface area contributed by atoms with E-state index in [0.29, 0.717) is 45.9 Å². The number of hydrogen-bond donors (Lipinski definition) is 1. The maximum atomic E-state index is 12.7. The van der Waals surface area contributed by atoms with Gasteiger partial charge < -0.3 is 24.3 Å². The summed E-state index contributed by atoms with van der Waals surface area (Å²) in [4.78, 5) is 12.7. The number of amides is 1. The van der Waals surface area contributed by atoms with Gasteiger partial charge in [-0.3, -0.25) is 4.79 Å². The fourth-order valence-corrected chi connectivity index (χ4v) is 3.19. The number of nitrogens with zero attached hydrogens (tertiary/aromatic N) is 1. The molecule has 8 heteroatoms. The second-order valence-electron chi connectivity index (χ2n) is 7.02. The number of methoxy groups -OCH3 is 3. The van der Waals surface area contributed by atoms with Crippen LogP contribution < -0.4 is 24.3 Å². The maximum absolute atomic E-state index is 12.7. The predicted molar refractivity (Wildman–Crippen MR) is 131 cm³/mol.